The van der Waals surface area contributed by atoms with E-state index in [1.807, 2.05) is 66.7 Å². The number of anilines is 1. The van der Waals surface area contributed by atoms with Crippen molar-refractivity contribution in [3.05, 3.63) is 106 Å². The first-order valence-electron chi connectivity index (χ1n) is 12.3. The monoisotopic (exact) mass is 532 g/mol. The van der Waals surface area contributed by atoms with E-state index in [0.717, 1.165) is 34.2 Å². The molecule has 38 heavy (non-hydrogen) atoms. The summed E-state index contributed by atoms with van der Waals surface area (Å²) in [5, 5.41) is 7.32. The fourth-order valence-corrected chi connectivity index (χ4v) is 4.33. The second-order valence-corrected chi connectivity index (χ2v) is 9.25. The largest absolute Gasteiger partial charge is 0.466 e. The quantitative estimate of drug-likeness (QED) is 0.227. The molecule has 0 saturated carbocycles. The molecule has 0 radical (unpaired) electrons. The van der Waals surface area contributed by atoms with E-state index in [1.54, 1.807) is 26.8 Å². The highest BCUT2D eigenvalue weighted by Crippen LogP contribution is 2.32. The summed E-state index contributed by atoms with van der Waals surface area (Å²) in [5.41, 5.74) is 5.62. The highest BCUT2D eigenvalue weighted by molar-refractivity contribution is 6.31. The standard InChI is InChI=1S/C30H29ClN2O5/c1-4-36-27(34)18-23-11-9-21(10-12-23)17-22-13-15-24(16-14-22)29-28(19(2)33-38-29)32-30(35)37-20(3)25-7-5-6-8-26(25)31/h5-16,20H,4,17-18H2,1-3H3,(H,32,35). The zero-order valence-electron chi connectivity index (χ0n) is 21.5. The molecule has 1 amide bonds. The van der Waals surface area contributed by atoms with Crippen molar-refractivity contribution in [2.45, 2.75) is 39.7 Å². The minimum Gasteiger partial charge on any atom is -0.466 e. The predicted molar refractivity (Wildman–Crippen MR) is 146 cm³/mol. The highest BCUT2D eigenvalue weighted by atomic mass is 35.5. The number of nitrogens with zero attached hydrogens (tertiary/aromatic N) is 1. The van der Waals surface area contributed by atoms with Crippen LogP contribution < -0.4 is 5.32 Å². The fraction of sp³-hybridized carbons (Fsp3) is 0.233. The van der Waals surface area contributed by atoms with Gasteiger partial charge in [0.05, 0.1) is 13.0 Å². The van der Waals surface area contributed by atoms with Gasteiger partial charge in [-0.1, -0.05) is 83.5 Å². The Morgan fingerprint density at radius 2 is 1.61 bits per heavy atom. The summed E-state index contributed by atoms with van der Waals surface area (Å²) in [5.74, 6) is 0.218. The molecule has 0 aliphatic rings. The van der Waals surface area contributed by atoms with E-state index in [2.05, 4.69) is 10.5 Å². The Labute approximate surface area is 226 Å². The number of aryl methyl sites for hydroxylation is 1. The van der Waals surface area contributed by atoms with Crippen LogP contribution in [0.15, 0.2) is 77.3 Å². The Morgan fingerprint density at radius 3 is 2.26 bits per heavy atom. The minimum absolute atomic E-state index is 0.226. The van der Waals surface area contributed by atoms with E-state index in [1.165, 1.54) is 0 Å². The molecule has 0 aliphatic heterocycles. The summed E-state index contributed by atoms with van der Waals surface area (Å²) in [6, 6.07) is 23.0. The summed E-state index contributed by atoms with van der Waals surface area (Å²) in [4.78, 5) is 24.3. The summed E-state index contributed by atoms with van der Waals surface area (Å²) in [6.07, 6.45) is -0.173. The maximum Gasteiger partial charge on any atom is 0.412 e. The Kier molecular flexibility index (Phi) is 8.81. The van der Waals surface area contributed by atoms with Crippen molar-refractivity contribution in [3.8, 4) is 11.3 Å². The van der Waals surface area contributed by atoms with E-state index in [0.29, 0.717) is 28.8 Å². The van der Waals surface area contributed by atoms with E-state index in [-0.39, 0.29) is 12.4 Å². The number of hydrogen-bond donors (Lipinski definition) is 1. The van der Waals surface area contributed by atoms with Gasteiger partial charge in [0.1, 0.15) is 17.5 Å². The average Bonchev–Trinajstić information content (AvgIpc) is 3.25. The summed E-state index contributed by atoms with van der Waals surface area (Å²) >= 11 is 6.22. The van der Waals surface area contributed by atoms with Crippen LogP contribution >= 0.6 is 11.6 Å². The Bertz CT molecular complexity index is 1400. The lowest BCUT2D eigenvalue weighted by Crippen LogP contribution is -2.17. The number of esters is 1. The van der Waals surface area contributed by atoms with Crippen LogP contribution in [0.3, 0.4) is 0 Å². The van der Waals surface area contributed by atoms with Crippen LogP contribution in [-0.4, -0.2) is 23.8 Å². The van der Waals surface area contributed by atoms with Crippen LogP contribution in [-0.2, 0) is 27.1 Å². The zero-order chi connectivity index (χ0) is 27.1. The summed E-state index contributed by atoms with van der Waals surface area (Å²) < 4.78 is 16.1. The van der Waals surface area contributed by atoms with E-state index in [4.69, 9.17) is 25.6 Å². The van der Waals surface area contributed by atoms with Crippen molar-refractivity contribution in [3.63, 3.8) is 0 Å². The molecule has 0 fully saturated rings. The first-order valence-corrected chi connectivity index (χ1v) is 12.7. The molecule has 1 unspecified atom stereocenters. The molecule has 4 rings (SSSR count). The Morgan fingerprint density at radius 1 is 0.974 bits per heavy atom. The van der Waals surface area contributed by atoms with Crippen LogP contribution in [0.5, 0.6) is 0 Å². The number of halogens is 1. The van der Waals surface area contributed by atoms with Gasteiger partial charge in [0, 0.05) is 16.1 Å². The van der Waals surface area contributed by atoms with Gasteiger partial charge in [0.25, 0.3) is 0 Å². The van der Waals surface area contributed by atoms with Crippen molar-refractivity contribution in [1.82, 2.24) is 5.16 Å². The first-order chi connectivity index (χ1) is 18.3. The van der Waals surface area contributed by atoms with E-state index < -0.39 is 12.2 Å². The second kappa shape index (κ2) is 12.4. The maximum atomic E-state index is 12.6. The van der Waals surface area contributed by atoms with Crippen LogP contribution in [0.4, 0.5) is 10.5 Å². The lowest BCUT2D eigenvalue weighted by molar-refractivity contribution is -0.142. The average molecular weight is 533 g/mol. The second-order valence-electron chi connectivity index (χ2n) is 8.84. The van der Waals surface area contributed by atoms with Gasteiger partial charge in [0.2, 0.25) is 0 Å². The van der Waals surface area contributed by atoms with Gasteiger partial charge in [-0.2, -0.15) is 0 Å². The topological polar surface area (TPSA) is 90.7 Å². The van der Waals surface area contributed by atoms with Crippen LogP contribution in [0.1, 0.15) is 47.9 Å². The van der Waals surface area contributed by atoms with Gasteiger partial charge < -0.3 is 14.0 Å². The van der Waals surface area contributed by atoms with E-state index >= 15 is 0 Å². The molecule has 0 bridgehead atoms. The molecule has 196 valence electrons. The number of hydrogen-bond acceptors (Lipinski definition) is 6. The number of ether oxygens (including phenoxy) is 2. The van der Waals surface area contributed by atoms with Gasteiger partial charge in [-0.05, 0) is 49.9 Å². The van der Waals surface area contributed by atoms with E-state index in [9.17, 15) is 9.59 Å². The van der Waals surface area contributed by atoms with Crippen LogP contribution in [0.2, 0.25) is 5.02 Å². The molecule has 3 aromatic carbocycles. The first kappa shape index (κ1) is 26.9. The molecule has 1 atom stereocenters. The minimum atomic E-state index is -0.631. The summed E-state index contributed by atoms with van der Waals surface area (Å²) in [6.45, 7) is 5.69. The SMILES string of the molecule is CCOC(=O)Cc1ccc(Cc2ccc(-c3onc(C)c3NC(=O)OC(C)c3ccccc3Cl)cc2)cc1. The summed E-state index contributed by atoms with van der Waals surface area (Å²) in [7, 11) is 0. The number of nitrogens with one attached hydrogen (secondary N) is 1. The number of rotatable bonds is 9. The fourth-order valence-electron chi connectivity index (χ4n) is 4.04. The lowest BCUT2D eigenvalue weighted by atomic mass is 10.0. The van der Waals surface area contributed by atoms with Gasteiger partial charge in [0.15, 0.2) is 5.76 Å². The third-order valence-electron chi connectivity index (χ3n) is 6.02. The Balaban J connectivity index is 1.40. The molecule has 7 nitrogen and oxygen atoms in total. The lowest BCUT2D eigenvalue weighted by Gasteiger charge is -2.15. The predicted octanol–water partition coefficient (Wildman–Crippen LogP) is 7.31. The molecular formula is C30H29ClN2O5. The molecule has 0 saturated heterocycles. The maximum absolute atomic E-state index is 12.6. The van der Waals surface area contributed by atoms with Crippen LogP contribution in [0, 0.1) is 6.92 Å². The molecule has 0 spiro atoms. The van der Waals surface area contributed by atoms with Crippen molar-refractivity contribution < 1.29 is 23.6 Å². The number of benzene rings is 3. The molecule has 1 aromatic heterocycles. The van der Waals surface area contributed by atoms with Gasteiger partial charge in [-0.15, -0.1) is 0 Å². The molecule has 8 heteroatoms. The third kappa shape index (κ3) is 6.81. The molecular weight excluding hydrogens is 504 g/mol. The van der Waals surface area contributed by atoms with Gasteiger partial charge >= 0.3 is 12.1 Å². The van der Waals surface area contributed by atoms with Gasteiger partial charge in [-0.3, -0.25) is 10.1 Å². The number of aromatic nitrogens is 1. The van der Waals surface area contributed by atoms with Crippen molar-refractivity contribution in [1.29, 1.82) is 0 Å². The Hall–Kier alpha value is -4.10. The highest BCUT2D eigenvalue weighted by Gasteiger charge is 2.20. The number of amides is 1. The van der Waals surface area contributed by atoms with Crippen molar-refractivity contribution >= 4 is 29.4 Å². The molecule has 1 N–H and O–H groups in total. The normalized spacial score (nSPS) is 11.6. The molecule has 0 aliphatic carbocycles. The number of carbonyl (C=O) groups excluding carboxylic acids is 2. The van der Waals surface area contributed by atoms with Crippen LogP contribution in [0.25, 0.3) is 11.3 Å². The third-order valence-corrected chi connectivity index (χ3v) is 6.36. The molecule has 1 heterocycles. The van der Waals surface area contributed by atoms with Gasteiger partial charge in [-0.25, -0.2) is 4.79 Å². The van der Waals surface area contributed by atoms with Crippen molar-refractivity contribution in [2.24, 2.45) is 0 Å². The number of carbonyl (C=O) groups is 2. The zero-order valence-corrected chi connectivity index (χ0v) is 22.2. The molecule has 4 aromatic rings. The van der Waals surface area contributed by atoms with Crippen molar-refractivity contribution in [2.75, 3.05) is 11.9 Å². The smallest absolute Gasteiger partial charge is 0.412 e.